The highest BCUT2D eigenvalue weighted by Crippen LogP contribution is 2.33. The van der Waals surface area contributed by atoms with Crippen molar-refractivity contribution in [1.82, 2.24) is 9.80 Å². The largest absolute Gasteiger partial charge is 0.342 e. The Balaban J connectivity index is 1.43. The number of aryl methyl sites for hydroxylation is 1. The molecule has 1 aliphatic heterocycles. The summed E-state index contributed by atoms with van der Waals surface area (Å²) in [4.78, 5) is 30.3. The van der Waals surface area contributed by atoms with E-state index in [1.54, 1.807) is 0 Å². The molecule has 2 amide bonds. The van der Waals surface area contributed by atoms with E-state index < -0.39 is 0 Å². The van der Waals surface area contributed by atoms with E-state index in [2.05, 4.69) is 41.0 Å². The van der Waals surface area contributed by atoms with Crippen molar-refractivity contribution < 1.29 is 9.59 Å². The lowest BCUT2D eigenvalue weighted by atomic mass is 9.80. The second-order valence-corrected chi connectivity index (χ2v) is 10.3. The number of amides is 2. The molecule has 1 heterocycles. The third-order valence-corrected chi connectivity index (χ3v) is 8.34. The summed E-state index contributed by atoms with van der Waals surface area (Å²) in [5.74, 6) is 1.69. The van der Waals surface area contributed by atoms with Crippen LogP contribution in [0.5, 0.6) is 0 Å². The van der Waals surface area contributed by atoms with Crippen LogP contribution in [0, 0.1) is 24.7 Å². The zero-order valence-electron chi connectivity index (χ0n) is 19.5. The molecule has 0 unspecified atom stereocenters. The van der Waals surface area contributed by atoms with Crippen molar-refractivity contribution in [2.24, 2.45) is 17.8 Å². The normalized spacial score (nSPS) is 22.1. The maximum absolute atomic E-state index is 13.1. The van der Waals surface area contributed by atoms with Crippen molar-refractivity contribution in [3.8, 4) is 0 Å². The lowest BCUT2D eigenvalue weighted by Crippen LogP contribution is -2.51. The lowest BCUT2D eigenvalue weighted by molar-refractivity contribution is -0.142. The first-order valence-corrected chi connectivity index (χ1v) is 12.6. The first-order chi connectivity index (χ1) is 15.0. The van der Waals surface area contributed by atoms with Crippen molar-refractivity contribution >= 4 is 11.8 Å². The Morgan fingerprint density at radius 1 is 0.935 bits per heavy atom. The highest BCUT2D eigenvalue weighted by molar-refractivity contribution is 5.80. The molecule has 0 spiro atoms. The molecule has 2 aliphatic carbocycles. The summed E-state index contributed by atoms with van der Waals surface area (Å²) in [5.41, 5.74) is 2.66. The van der Waals surface area contributed by atoms with Crippen molar-refractivity contribution in [1.29, 1.82) is 0 Å². The van der Waals surface area contributed by atoms with Gasteiger partial charge in [-0.25, -0.2) is 0 Å². The van der Waals surface area contributed by atoms with E-state index in [-0.39, 0.29) is 17.9 Å². The van der Waals surface area contributed by atoms with E-state index in [4.69, 9.17) is 0 Å². The fourth-order valence-electron chi connectivity index (χ4n) is 5.90. The van der Waals surface area contributed by atoms with Crippen molar-refractivity contribution in [2.45, 2.75) is 83.6 Å². The number of carbonyl (C=O) groups excluding carboxylic acids is 2. The predicted octanol–water partition coefficient (Wildman–Crippen LogP) is 4.98. The van der Waals surface area contributed by atoms with Crippen LogP contribution >= 0.6 is 0 Å². The summed E-state index contributed by atoms with van der Waals surface area (Å²) >= 11 is 0. The Morgan fingerprint density at radius 3 is 2.19 bits per heavy atom. The summed E-state index contributed by atoms with van der Waals surface area (Å²) in [6.45, 7) is 3.89. The smallest absolute Gasteiger partial charge is 0.225 e. The molecule has 1 atom stereocenters. The number of hydrogen-bond donors (Lipinski definition) is 0. The van der Waals surface area contributed by atoms with Gasteiger partial charge >= 0.3 is 0 Å². The molecule has 4 heteroatoms. The number of benzene rings is 1. The van der Waals surface area contributed by atoms with Gasteiger partial charge in [-0.05, 0) is 68.9 Å². The molecule has 1 aromatic carbocycles. The van der Waals surface area contributed by atoms with Crippen LogP contribution in [-0.2, 0) is 16.0 Å². The average Bonchev–Trinajstić information content (AvgIpc) is 2.77. The van der Waals surface area contributed by atoms with Gasteiger partial charge in [-0.15, -0.1) is 0 Å². The van der Waals surface area contributed by atoms with E-state index in [1.165, 1.54) is 36.8 Å². The Labute approximate surface area is 188 Å². The third kappa shape index (κ3) is 5.15. The second-order valence-electron chi connectivity index (χ2n) is 10.3. The van der Waals surface area contributed by atoms with Crippen LogP contribution in [0.1, 0.15) is 75.3 Å². The van der Waals surface area contributed by atoms with Gasteiger partial charge in [-0.2, -0.15) is 0 Å². The van der Waals surface area contributed by atoms with Crippen molar-refractivity contribution in [3.63, 3.8) is 0 Å². The summed E-state index contributed by atoms with van der Waals surface area (Å²) in [6.07, 6.45) is 12.1. The lowest BCUT2D eigenvalue weighted by Gasteiger charge is -2.42. The minimum absolute atomic E-state index is 0.223. The van der Waals surface area contributed by atoms with Gasteiger partial charge in [0.2, 0.25) is 11.8 Å². The molecule has 0 N–H and O–H groups in total. The highest BCUT2D eigenvalue weighted by atomic mass is 16.2. The summed E-state index contributed by atoms with van der Waals surface area (Å²) in [6, 6.07) is 8.81. The number of likely N-dealkylation sites (tertiary alicyclic amines) is 1. The third-order valence-electron chi connectivity index (χ3n) is 8.34. The molecule has 2 saturated carbocycles. The van der Waals surface area contributed by atoms with E-state index in [1.807, 2.05) is 7.05 Å². The fraction of sp³-hybridized carbons (Fsp3) is 0.704. The summed E-state index contributed by atoms with van der Waals surface area (Å²) < 4.78 is 0. The van der Waals surface area contributed by atoms with Gasteiger partial charge < -0.3 is 9.80 Å². The van der Waals surface area contributed by atoms with E-state index >= 15 is 0 Å². The van der Waals surface area contributed by atoms with Crippen LogP contribution in [0.4, 0.5) is 0 Å². The molecular formula is C27H40N2O2. The van der Waals surface area contributed by atoms with Gasteiger partial charge in [0, 0.05) is 38.0 Å². The topological polar surface area (TPSA) is 40.6 Å². The quantitative estimate of drug-likeness (QED) is 0.646. The zero-order chi connectivity index (χ0) is 21.8. The van der Waals surface area contributed by atoms with Crippen LogP contribution in [0.15, 0.2) is 24.3 Å². The van der Waals surface area contributed by atoms with Crippen LogP contribution in [-0.4, -0.2) is 47.8 Å². The van der Waals surface area contributed by atoms with Crippen LogP contribution in [0.3, 0.4) is 0 Å². The molecule has 4 nitrogen and oxygen atoms in total. The molecule has 0 aromatic heterocycles. The van der Waals surface area contributed by atoms with E-state index in [0.717, 1.165) is 58.0 Å². The average molecular weight is 425 g/mol. The second kappa shape index (κ2) is 10.2. The van der Waals surface area contributed by atoms with Gasteiger partial charge in [-0.1, -0.05) is 49.9 Å². The van der Waals surface area contributed by atoms with E-state index in [0.29, 0.717) is 17.7 Å². The number of carbonyl (C=O) groups is 2. The molecule has 3 aliphatic rings. The number of rotatable bonds is 6. The first-order valence-electron chi connectivity index (χ1n) is 12.6. The molecular weight excluding hydrogens is 384 g/mol. The van der Waals surface area contributed by atoms with E-state index in [9.17, 15) is 9.59 Å². The molecule has 170 valence electrons. The summed E-state index contributed by atoms with van der Waals surface area (Å²) in [7, 11) is 2.03. The Bertz CT molecular complexity index is 758. The molecule has 1 aromatic rings. The molecule has 3 fully saturated rings. The van der Waals surface area contributed by atoms with Crippen LogP contribution in [0.25, 0.3) is 0 Å². The van der Waals surface area contributed by atoms with Crippen LogP contribution in [0.2, 0.25) is 0 Å². The first kappa shape index (κ1) is 22.4. The maximum atomic E-state index is 13.1. The maximum Gasteiger partial charge on any atom is 0.225 e. The van der Waals surface area contributed by atoms with Gasteiger partial charge in [0.25, 0.3) is 0 Å². The Kier molecular flexibility index (Phi) is 7.35. The highest BCUT2D eigenvalue weighted by Gasteiger charge is 2.37. The number of piperidine rings is 1. The zero-order valence-corrected chi connectivity index (χ0v) is 19.5. The molecule has 1 saturated heterocycles. The summed E-state index contributed by atoms with van der Waals surface area (Å²) in [5, 5.41) is 0. The molecule has 0 bridgehead atoms. The van der Waals surface area contributed by atoms with Crippen molar-refractivity contribution in [2.75, 3.05) is 20.1 Å². The molecule has 0 radical (unpaired) electrons. The standard InChI is InChI=1S/C27H40N2O2/c1-20-9-6-7-12-24(20)19-25(28(2)26(30)22-13-8-14-22)21-15-17-29(18-16-21)27(31)23-10-4-3-5-11-23/h6-7,9,12,21-23,25H,3-5,8,10-11,13-19H2,1-2H3/t25-/m0/s1. The molecule has 31 heavy (non-hydrogen) atoms. The van der Waals surface area contributed by atoms with Crippen molar-refractivity contribution in [3.05, 3.63) is 35.4 Å². The minimum atomic E-state index is 0.223. The van der Waals surface area contributed by atoms with Gasteiger partial charge in [0.15, 0.2) is 0 Å². The number of nitrogens with zero attached hydrogens (tertiary/aromatic N) is 2. The van der Waals surface area contributed by atoms with Gasteiger partial charge in [0.05, 0.1) is 0 Å². The van der Waals surface area contributed by atoms with Crippen LogP contribution < -0.4 is 0 Å². The predicted molar refractivity (Wildman–Crippen MR) is 125 cm³/mol. The number of likely N-dealkylation sites (N-methyl/N-ethyl adjacent to an activating group) is 1. The monoisotopic (exact) mass is 424 g/mol. The Morgan fingerprint density at radius 2 is 1.58 bits per heavy atom. The fourth-order valence-corrected chi connectivity index (χ4v) is 5.90. The van der Waals surface area contributed by atoms with Gasteiger partial charge in [-0.3, -0.25) is 9.59 Å². The number of hydrogen-bond acceptors (Lipinski definition) is 2. The molecule has 4 rings (SSSR count). The van der Waals surface area contributed by atoms with Gasteiger partial charge in [0.1, 0.15) is 0 Å². The minimum Gasteiger partial charge on any atom is -0.342 e. The SMILES string of the molecule is Cc1ccccc1C[C@@H](C1CCN(C(=O)C2CCCCC2)CC1)N(C)C(=O)C1CCC1. The Hall–Kier alpha value is -1.84.